The summed E-state index contributed by atoms with van der Waals surface area (Å²) < 4.78 is 0. The van der Waals surface area contributed by atoms with Crippen molar-refractivity contribution >= 4 is 53.3 Å². The van der Waals surface area contributed by atoms with Gasteiger partial charge >= 0.3 is 0 Å². The van der Waals surface area contributed by atoms with Crippen molar-refractivity contribution in [2.75, 3.05) is 48.3 Å². The van der Waals surface area contributed by atoms with E-state index in [1.165, 1.54) is 0 Å². The Balaban J connectivity index is 1.00. The van der Waals surface area contributed by atoms with Crippen molar-refractivity contribution in [2.24, 2.45) is 37.2 Å². The Kier molecular flexibility index (Phi) is 15.2. The van der Waals surface area contributed by atoms with Crippen molar-refractivity contribution < 1.29 is 0 Å². The number of aliphatic imine (C=N–C) groups is 4. The van der Waals surface area contributed by atoms with Crippen LogP contribution in [-0.2, 0) is 13.1 Å². The van der Waals surface area contributed by atoms with Gasteiger partial charge in [0.2, 0.25) is 17.8 Å². The highest BCUT2D eigenvalue weighted by atomic mass is 15.2. The number of nitrogen functional groups attached to an aromatic ring is 2. The first-order valence-corrected chi connectivity index (χ1v) is 18.3. The topological polar surface area (TPSA) is 242 Å². The number of amidine groups is 2. The van der Waals surface area contributed by atoms with E-state index in [1.54, 1.807) is 0 Å². The van der Waals surface area contributed by atoms with Crippen LogP contribution < -0.4 is 39.3 Å². The highest BCUT2D eigenvalue weighted by Crippen LogP contribution is 2.15. The average molecular weight is 739 g/mol. The Labute approximate surface area is 322 Å². The summed E-state index contributed by atoms with van der Waals surface area (Å²) in [5.41, 5.74) is 36.9. The van der Waals surface area contributed by atoms with E-state index in [-0.39, 0.29) is 5.95 Å². The molecule has 0 unspecified atom stereocenters. The molecule has 14 nitrogen and oxygen atoms in total. The van der Waals surface area contributed by atoms with E-state index in [4.69, 9.17) is 28.7 Å². The van der Waals surface area contributed by atoms with Crippen molar-refractivity contribution in [3.8, 4) is 0 Å². The van der Waals surface area contributed by atoms with E-state index in [2.05, 4.69) is 45.6 Å². The lowest BCUT2D eigenvalue weighted by atomic mass is 10.1. The Morgan fingerprint density at radius 3 is 1.64 bits per heavy atom. The molecule has 0 amide bonds. The Bertz CT molecular complexity index is 2040. The molecule has 14 heteroatoms. The summed E-state index contributed by atoms with van der Waals surface area (Å²) in [5, 5.41) is 6.37. The third kappa shape index (κ3) is 13.7. The molecular formula is C41H50N14. The molecule has 284 valence electrons. The summed E-state index contributed by atoms with van der Waals surface area (Å²) >= 11 is 0. The van der Waals surface area contributed by atoms with Gasteiger partial charge in [-0.25, -0.2) is 0 Å². The SMILES string of the molecule is NCCCCNc1nc(N)nc(NCCCCN=Cc2ccc(C=Nc3ccc(CN=C(N)c4ccc(C(N)=NCc5ccc(N)cc5)cc4)cc3)cc2)n1. The minimum absolute atomic E-state index is 0.180. The van der Waals surface area contributed by atoms with Crippen LogP contribution in [-0.4, -0.2) is 65.2 Å². The molecule has 0 radical (unpaired) electrons. The summed E-state index contributed by atoms with van der Waals surface area (Å²) in [4.78, 5) is 30.9. The number of unbranched alkanes of at least 4 members (excludes halogenated alkanes) is 2. The molecule has 5 rings (SSSR count). The van der Waals surface area contributed by atoms with Gasteiger partial charge in [0.05, 0.1) is 18.8 Å². The Hall–Kier alpha value is -6.67. The quantitative estimate of drug-likeness (QED) is 0.0242. The number of nitrogens with one attached hydrogen (secondary N) is 2. The predicted octanol–water partition coefficient (Wildman–Crippen LogP) is 5.06. The molecule has 0 aliphatic heterocycles. The third-order valence-corrected chi connectivity index (χ3v) is 8.36. The normalized spacial score (nSPS) is 12.1. The smallest absolute Gasteiger partial charge is 0.229 e. The number of anilines is 4. The second-order valence-electron chi connectivity index (χ2n) is 12.7. The molecule has 0 atom stereocenters. The molecule has 5 aromatic rings. The molecule has 0 aliphatic rings. The minimum atomic E-state index is 0.180. The summed E-state index contributed by atoms with van der Waals surface area (Å²) in [6.45, 7) is 3.76. The monoisotopic (exact) mass is 738 g/mol. The summed E-state index contributed by atoms with van der Waals surface area (Å²) in [6, 6.07) is 31.2. The van der Waals surface area contributed by atoms with Crippen molar-refractivity contribution in [1.29, 1.82) is 0 Å². The van der Waals surface area contributed by atoms with Gasteiger partial charge < -0.3 is 39.3 Å². The van der Waals surface area contributed by atoms with Crippen molar-refractivity contribution in [3.05, 3.63) is 130 Å². The molecule has 0 spiro atoms. The second kappa shape index (κ2) is 21.1. The fourth-order valence-corrected chi connectivity index (χ4v) is 5.19. The first-order chi connectivity index (χ1) is 26.8. The third-order valence-electron chi connectivity index (χ3n) is 8.36. The van der Waals surface area contributed by atoms with Gasteiger partial charge in [0.15, 0.2) is 0 Å². The number of rotatable bonds is 20. The standard InChI is InChI=1S/C41H50N14/c42-21-1-2-23-48-40-53-39(46)54-41(55-40)49-24-4-3-22-47-25-29-5-7-30(8-6-29)26-50-36-19-11-32(12-20-36)28-52-38(45)34-15-13-33(14-16-34)37(44)51-27-31-9-17-35(43)18-10-31/h5-20,25-26H,1-4,21-24,27-28,42-43H2,(H2,44,51)(H2,45,52)(H4,46,48,49,53,54,55). The van der Waals surface area contributed by atoms with E-state index in [0.717, 1.165) is 83.5 Å². The molecule has 0 fully saturated rings. The molecule has 1 aromatic heterocycles. The molecule has 0 aliphatic carbocycles. The maximum atomic E-state index is 6.29. The van der Waals surface area contributed by atoms with E-state index in [0.29, 0.717) is 49.7 Å². The predicted molar refractivity (Wildman–Crippen MR) is 227 cm³/mol. The molecule has 1 heterocycles. The van der Waals surface area contributed by atoms with Gasteiger partial charge in [-0.05, 0) is 78.7 Å². The molecule has 55 heavy (non-hydrogen) atoms. The van der Waals surface area contributed by atoms with Crippen LogP contribution in [0.3, 0.4) is 0 Å². The maximum Gasteiger partial charge on any atom is 0.229 e. The largest absolute Gasteiger partial charge is 0.399 e. The number of hydrogen-bond acceptors (Lipinski definition) is 12. The van der Waals surface area contributed by atoms with E-state index < -0.39 is 0 Å². The van der Waals surface area contributed by atoms with Crippen molar-refractivity contribution in [2.45, 2.75) is 38.8 Å². The zero-order valence-corrected chi connectivity index (χ0v) is 31.0. The van der Waals surface area contributed by atoms with Gasteiger partial charge in [0, 0.05) is 48.9 Å². The number of nitrogens with zero attached hydrogens (tertiary/aromatic N) is 7. The lowest BCUT2D eigenvalue weighted by molar-refractivity contribution is 0.765. The lowest BCUT2D eigenvalue weighted by Gasteiger charge is -2.08. The molecule has 12 N–H and O–H groups in total. The molecular weight excluding hydrogens is 689 g/mol. The van der Waals surface area contributed by atoms with Crippen LogP contribution in [0.2, 0.25) is 0 Å². The summed E-state index contributed by atoms with van der Waals surface area (Å²) in [7, 11) is 0. The number of benzene rings is 4. The summed E-state index contributed by atoms with van der Waals surface area (Å²) in [5.74, 6) is 2.02. The van der Waals surface area contributed by atoms with Gasteiger partial charge in [-0.1, -0.05) is 72.8 Å². The zero-order valence-electron chi connectivity index (χ0n) is 31.0. The van der Waals surface area contributed by atoms with Crippen LogP contribution in [0.4, 0.5) is 29.2 Å². The first kappa shape index (κ1) is 39.5. The molecule has 4 aromatic carbocycles. The van der Waals surface area contributed by atoms with E-state index >= 15 is 0 Å². The van der Waals surface area contributed by atoms with Crippen LogP contribution in [0.25, 0.3) is 0 Å². The van der Waals surface area contributed by atoms with Gasteiger partial charge in [-0.2, -0.15) is 15.0 Å². The van der Waals surface area contributed by atoms with E-state index in [9.17, 15) is 0 Å². The summed E-state index contributed by atoms with van der Waals surface area (Å²) in [6.07, 6.45) is 7.45. The maximum absolute atomic E-state index is 6.29. The zero-order chi connectivity index (χ0) is 38.7. The molecule has 0 bridgehead atoms. The first-order valence-electron chi connectivity index (χ1n) is 18.3. The Morgan fingerprint density at radius 1 is 0.582 bits per heavy atom. The van der Waals surface area contributed by atoms with Crippen LogP contribution in [0, 0.1) is 0 Å². The lowest BCUT2D eigenvalue weighted by Crippen LogP contribution is -2.16. The highest BCUT2D eigenvalue weighted by Gasteiger charge is 2.05. The van der Waals surface area contributed by atoms with Gasteiger partial charge in [0.25, 0.3) is 0 Å². The number of nitrogens with two attached hydrogens (primary N) is 5. The van der Waals surface area contributed by atoms with Crippen LogP contribution in [0.1, 0.15) is 59.1 Å². The van der Waals surface area contributed by atoms with Crippen molar-refractivity contribution in [3.63, 3.8) is 0 Å². The second-order valence-corrected chi connectivity index (χ2v) is 12.7. The van der Waals surface area contributed by atoms with E-state index in [1.807, 2.05) is 109 Å². The van der Waals surface area contributed by atoms with Gasteiger partial charge in [-0.15, -0.1) is 0 Å². The fourth-order valence-electron chi connectivity index (χ4n) is 5.19. The number of aromatic nitrogens is 3. The van der Waals surface area contributed by atoms with Gasteiger partial charge in [0.1, 0.15) is 11.7 Å². The van der Waals surface area contributed by atoms with Crippen LogP contribution >= 0.6 is 0 Å². The molecule has 0 saturated heterocycles. The fraction of sp³-hybridized carbons (Fsp3) is 0.244. The minimum Gasteiger partial charge on any atom is -0.399 e. The number of hydrogen-bond donors (Lipinski definition) is 7. The van der Waals surface area contributed by atoms with Crippen molar-refractivity contribution in [1.82, 2.24) is 15.0 Å². The average Bonchev–Trinajstić information content (AvgIpc) is 3.21. The molecule has 0 saturated carbocycles. The highest BCUT2D eigenvalue weighted by molar-refractivity contribution is 6.01. The van der Waals surface area contributed by atoms with Crippen LogP contribution in [0.15, 0.2) is 117 Å². The Morgan fingerprint density at radius 2 is 1.09 bits per heavy atom. The van der Waals surface area contributed by atoms with Crippen LogP contribution in [0.5, 0.6) is 0 Å². The van der Waals surface area contributed by atoms with Gasteiger partial charge in [-0.3, -0.25) is 20.0 Å².